The van der Waals surface area contributed by atoms with E-state index in [9.17, 15) is 8.78 Å². The molecule has 1 nitrogen and oxygen atoms in total. The summed E-state index contributed by atoms with van der Waals surface area (Å²) in [4.78, 5) is 0. The van der Waals surface area contributed by atoms with Gasteiger partial charge in [0.15, 0.2) is 0 Å². The normalized spacial score (nSPS) is 12.7. The van der Waals surface area contributed by atoms with E-state index in [2.05, 4.69) is 15.9 Å². The van der Waals surface area contributed by atoms with Gasteiger partial charge in [-0.1, -0.05) is 0 Å². The fourth-order valence-corrected chi connectivity index (χ4v) is 2.86. The van der Waals surface area contributed by atoms with Crippen LogP contribution in [0.15, 0.2) is 33.4 Å². The maximum Gasteiger partial charge on any atom is 0.143 e. The van der Waals surface area contributed by atoms with Gasteiger partial charge in [-0.2, -0.15) is 11.3 Å². The molecule has 0 aliphatic rings. The van der Waals surface area contributed by atoms with Gasteiger partial charge in [-0.3, -0.25) is 0 Å². The highest BCUT2D eigenvalue weighted by Crippen LogP contribution is 2.23. The van der Waals surface area contributed by atoms with Crippen molar-refractivity contribution in [1.82, 2.24) is 0 Å². The highest BCUT2D eigenvalue weighted by atomic mass is 79.9. The van der Waals surface area contributed by atoms with Gasteiger partial charge in [0.25, 0.3) is 0 Å². The molecule has 1 heterocycles. The van der Waals surface area contributed by atoms with E-state index in [1.807, 2.05) is 16.8 Å². The van der Waals surface area contributed by atoms with Crippen molar-refractivity contribution in [2.24, 2.45) is 5.73 Å². The minimum atomic E-state index is -0.559. The van der Waals surface area contributed by atoms with Crippen molar-refractivity contribution in [3.63, 3.8) is 0 Å². The lowest BCUT2D eigenvalue weighted by Gasteiger charge is -2.12. The summed E-state index contributed by atoms with van der Waals surface area (Å²) in [5.74, 6) is -1.10. The molecule has 0 aliphatic carbocycles. The van der Waals surface area contributed by atoms with Crippen molar-refractivity contribution < 1.29 is 8.78 Å². The van der Waals surface area contributed by atoms with Crippen molar-refractivity contribution in [3.05, 3.63) is 56.2 Å². The summed E-state index contributed by atoms with van der Waals surface area (Å²) in [6, 6.07) is 4.29. The average molecular weight is 332 g/mol. The van der Waals surface area contributed by atoms with E-state index in [1.54, 1.807) is 11.3 Å². The molecule has 0 saturated heterocycles. The highest BCUT2D eigenvalue weighted by molar-refractivity contribution is 9.10. The number of hydrogen-bond acceptors (Lipinski definition) is 2. The monoisotopic (exact) mass is 331 g/mol. The molecule has 1 unspecified atom stereocenters. The van der Waals surface area contributed by atoms with Crippen molar-refractivity contribution in [3.8, 4) is 0 Å². The summed E-state index contributed by atoms with van der Waals surface area (Å²) in [5, 5.41) is 3.95. The topological polar surface area (TPSA) is 26.0 Å². The summed E-state index contributed by atoms with van der Waals surface area (Å²) in [6.45, 7) is 0. The van der Waals surface area contributed by atoms with Gasteiger partial charge < -0.3 is 5.73 Å². The van der Waals surface area contributed by atoms with Crippen LogP contribution in [0.25, 0.3) is 0 Å². The Morgan fingerprint density at radius 3 is 2.67 bits per heavy atom. The number of hydrogen-bond donors (Lipinski definition) is 1. The lowest BCUT2D eigenvalue weighted by Crippen LogP contribution is -2.26. The largest absolute Gasteiger partial charge is 0.327 e. The minimum Gasteiger partial charge on any atom is -0.327 e. The maximum absolute atomic E-state index is 13.8. The average Bonchev–Trinajstić information content (AvgIpc) is 2.82. The molecular weight excluding hydrogens is 320 g/mol. The predicted octanol–water partition coefficient (Wildman–Crippen LogP) is 3.90. The third-order valence-electron chi connectivity index (χ3n) is 2.68. The smallest absolute Gasteiger partial charge is 0.143 e. The molecule has 2 rings (SSSR count). The number of rotatable bonds is 4. The Morgan fingerprint density at radius 1 is 1.22 bits per heavy atom. The van der Waals surface area contributed by atoms with Gasteiger partial charge in [0.2, 0.25) is 0 Å². The van der Waals surface area contributed by atoms with Crippen molar-refractivity contribution in [1.29, 1.82) is 0 Å². The zero-order valence-electron chi connectivity index (χ0n) is 9.50. The lowest BCUT2D eigenvalue weighted by molar-refractivity contribution is 0.530. The number of halogens is 3. The molecule has 18 heavy (non-hydrogen) atoms. The van der Waals surface area contributed by atoms with Crippen LogP contribution in [0.5, 0.6) is 0 Å². The molecule has 2 N–H and O–H groups in total. The van der Waals surface area contributed by atoms with E-state index in [1.165, 1.54) is 12.1 Å². The molecule has 0 saturated carbocycles. The van der Waals surface area contributed by atoms with E-state index in [4.69, 9.17) is 5.73 Å². The molecule has 1 atom stereocenters. The van der Waals surface area contributed by atoms with Crippen LogP contribution in [0.2, 0.25) is 0 Å². The highest BCUT2D eigenvalue weighted by Gasteiger charge is 2.16. The Balaban J connectivity index is 2.11. The molecule has 0 fully saturated rings. The first-order valence-corrected chi connectivity index (χ1v) is 7.20. The van der Waals surface area contributed by atoms with Crippen LogP contribution in [-0.2, 0) is 12.8 Å². The van der Waals surface area contributed by atoms with Gasteiger partial charge >= 0.3 is 0 Å². The number of thiophene rings is 1. The van der Waals surface area contributed by atoms with Crippen LogP contribution >= 0.6 is 27.3 Å². The van der Waals surface area contributed by atoms with E-state index in [0.29, 0.717) is 6.42 Å². The molecule has 2 aromatic rings. The fourth-order valence-electron chi connectivity index (χ4n) is 1.80. The Morgan fingerprint density at radius 2 is 2.00 bits per heavy atom. The molecular formula is C13H12BrF2NS. The maximum atomic E-state index is 13.8. The van der Waals surface area contributed by atoms with Gasteiger partial charge in [0.05, 0.1) is 4.47 Å². The first-order valence-electron chi connectivity index (χ1n) is 5.47. The molecule has 0 bridgehead atoms. The van der Waals surface area contributed by atoms with Crippen LogP contribution in [0.4, 0.5) is 8.78 Å². The Hall–Kier alpha value is -0.780. The quantitative estimate of drug-likeness (QED) is 0.845. The summed E-state index contributed by atoms with van der Waals surface area (Å²) in [5.41, 5.74) is 7.09. The summed E-state index contributed by atoms with van der Waals surface area (Å²) < 4.78 is 27.6. The van der Waals surface area contributed by atoms with E-state index < -0.39 is 11.6 Å². The molecule has 0 spiro atoms. The second-order valence-electron chi connectivity index (χ2n) is 4.12. The van der Waals surface area contributed by atoms with Gasteiger partial charge in [-0.25, -0.2) is 8.78 Å². The van der Waals surface area contributed by atoms with Crippen molar-refractivity contribution in [2.45, 2.75) is 18.9 Å². The Labute approximate surface area is 117 Å². The Bertz CT molecular complexity index is 528. The van der Waals surface area contributed by atoms with E-state index in [-0.39, 0.29) is 22.5 Å². The molecule has 0 radical (unpaired) electrons. The first-order chi connectivity index (χ1) is 8.58. The summed E-state index contributed by atoms with van der Waals surface area (Å²) >= 11 is 4.64. The Kier molecular flexibility index (Phi) is 4.48. The second-order valence-corrected chi connectivity index (χ2v) is 5.76. The fraction of sp³-hybridized carbons (Fsp3) is 0.231. The summed E-state index contributed by atoms with van der Waals surface area (Å²) in [6.07, 6.45) is 0.807. The second kappa shape index (κ2) is 5.91. The van der Waals surface area contributed by atoms with E-state index in [0.717, 1.165) is 5.56 Å². The summed E-state index contributed by atoms with van der Waals surface area (Å²) in [7, 11) is 0. The van der Waals surface area contributed by atoms with Gasteiger partial charge in [0.1, 0.15) is 11.6 Å². The molecule has 1 aromatic carbocycles. The third-order valence-corrected chi connectivity index (χ3v) is 4.03. The van der Waals surface area contributed by atoms with E-state index >= 15 is 0 Å². The molecule has 96 valence electrons. The van der Waals surface area contributed by atoms with Crippen LogP contribution in [-0.4, -0.2) is 6.04 Å². The van der Waals surface area contributed by atoms with Crippen LogP contribution in [0, 0.1) is 11.6 Å². The third kappa shape index (κ3) is 3.16. The predicted molar refractivity (Wildman–Crippen MR) is 73.8 cm³/mol. The van der Waals surface area contributed by atoms with Crippen LogP contribution in [0.3, 0.4) is 0 Å². The molecule has 0 amide bonds. The van der Waals surface area contributed by atoms with Crippen LogP contribution in [0.1, 0.15) is 11.1 Å². The van der Waals surface area contributed by atoms with Crippen molar-refractivity contribution >= 4 is 27.3 Å². The first kappa shape index (κ1) is 13.6. The SMILES string of the molecule is NC(Cc1ccsc1)Cc1c(F)ccc(Br)c1F. The molecule has 0 aliphatic heterocycles. The standard InChI is InChI=1S/C13H12BrF2NS/c14-11-1-2-12(15)10(13(11)16)6-9(17)5-8-3-4-18-7-8/h1-4,7,9H,5-6,17H2. The van der Waals surface area contributed by atoms with Crippen molar-refractivity contribution in [2.75, 3.05) is 0 Å². The molecule has 1 aromatic heterocycles. The lowest BCUT2D eigenvalue weighted by atomic mass is 10.0. The number of benzene rings is 1. The molecule has 5 heteroatoms. The van der Waals surface area contributed by atoms with Gasteiger partial charge in [0, 0.05) is 11.6 Å². The number of nitrogens with two attached hydrogens (primary N) is 1. The minimum absolute atomic E-state index is 0.0482. The van der Waals surface area contributed by atoms with Gasteiger partial charge in [-0.05, 0) is 63.3 Å². The van der Waals surface area contributed by atoms with Gasteiger partial charge in [-0.15, -0.1) is 0 Å². The zero-order valence-corrected chi connectivity index (χ0v) is 11.9. The van der Waals surface area contributed by atoms with Crippen LogP contribution < -0.4 is 5.73 Å². The zero-order chi connectivity index (χ0) is 13.1.